The number of rotatable bonds is 5. The van der Waals surface area contributed by atoms with Crippen LogP contribution in [-0.4, -0.2) is 51.9 Å². The molecule has 0 saturated carbocycles. The lowest BCUT2D eigenvalue weighted by atomic mass is 10.0. The third-order valence-corrected chi connectivity index (χ3v) is 6.86. The van der Waals surface area contributed by atoms with Gasteiger partial charge in [-0.25, -0.2) is 13.1 Å². The van der Waals surface area contributed by atoms with Crippen LogP contribution in [0.15, 0.2) is 47.4 Å². The molecule has 2 saturated heterocycles. The minimum atomic E-state index is -3.62. The van der Waals surface area contributed by atoms with Crippen LogP contribution < -0.4 is 10.0 Å². The summed E-state index contributed by atoms with van der Waals surface area (Å²) in [6, 6.07) is 12.7. The molecule has 146 valence electrons. The molecule has 27 heavy (non-hydrogen) atoms. The number of sulfonamides is 1. The summed E-state index contributed by atoms with van der Waals surface area (Å²) in [7, 11) is -3.62. The number of carbonyl (C=O) groups is 1. The number of nitrogens with zero attached hydrogens (tertiary/aromatic N) is 1. The molecule has 6 nitrogen and oxygen atoms in total. The van der Waals surface area contributed by atoms with Crippen molar-refractivity contribution >= 4 is 39.1 Å². The van der Waals surface area contributed by atoms with Crippen LogP contribution in [0.1, 0.15) is 6.42 Å². The van der Waals surface area contributed by atoms with E-state index in [1.54, 1.807) is 18.2 Å². The maximum atomic E-state index is 12.5. The van der Waals surface area contributed by atoms with Crippen LogP contribution in [0.2, 0.25) is 0 Å². The molecule has 2 atom stereocenters. The minimum Gasteiger partial charge on any atom is -0.342 e. The van der Waals surface area contributed by atoms with Gasteiger partial charge < -0.3 is 10.2 Å². The maximum absolute atomic E-state index is 12.5. The zero-order valence-electron chi connectivity index (χ0n) is 14.9. The predicted octanol–water partition coefficient (Wildman–Crippen LogP) is 1.61. The molecule has 0 aliphatic carbocycles. The second kappa shape index (κ2) is 8.14. The predicted molar refractivity (Wildman–Crippen MR) is 107 cm³/mol. The molecule has 2 fully saturated rings. The molecule has 4 rings (SSSR count). The summed E-state index contributed by atoms with van der Waals surface area (Å²) in [6.45, 7) is 3.64. The molecule has 0 unspecified atom stereocenters. The lowest BCUT2D eigenvalue weighted by molar-refractivity contribution is -0.130. The van der Waals surface area contributed by atoms with Gasteiger partial charge in [0.2, 0.25) is 15.9 Å². The van der Waals surface area contributed by atoms with E-state index in [9.17, 15) is 13.2 Å². The summed E-state index contributed by atoms with van der Waals surface area (Å²) in [4.78, 5) is 14.4. The number of hydrogen-bond donors (Lipinski definition) is 2. The Morgan fingerprint density at radius 3 is 2.44 bits per heavy atom. The molecular formula is C19H24ClN3O3S. The Hall–Kier alpha value is -1.67. The first-order valence-corrected chi connectivity index (χ1v) is 10.5. The average molecular weight is 410 g/mol. The van der Waals surface area contributed by atoms with Crippen LogP contribution in [-0.2, 0) is 14.8 Å². The van der Waals surface area contributed by atoms with Gasteiger partial charge in [-0.3, -0.25) is 4.79 Å². The molecule has 1 amide bonds. The van der Waals surface area contributed by atoms with Crippen molar-refractivity contribution in [1.82, 2.24) is 14.9 Å². The van der Waals surface area contributed by atoms with Gasteiger partial charge in [0, 0.05) is 39.1 Å². The Morgan fingerprint density at radius 1 is 1.07 bits per heavy atom. The van der Waals surface area contributed by atoms with Crippen molar-refractivity contribution < 1.29 is 13.2 Å². The summed E-state index contributed by atoms with van der Waals surface area (Å²) in [5.74, 6) is 1.13. The number of amides is 1. The highest BCUT2D eigenvalue weighted by Gasteiger charge is 2.37. The lowest BCUT2D eigenvalue weighted by Gasteiger charge is -2.17. The first kappa shape index (κ1) is 20.1. The number of likely N-dealkylation sites (tertiary alicyclic amines) is 1. The summed E-state index contributed by atoms with van der Waals surface area (Å²) in [6.07, 6.45) is 0.194. The molecular weight excluding hydrogens is 386 g/mol. The van der Waals surface area contributed by atoms with Gasteiger partial charge in [0.15, 0.2) is 0 Å². The molecule has 2 N–H and O–H groups in total. The fraction of sp³-hybridized carbons (Fsp3) is 0.421. The van der Waals surface area contributed by atoms with Crippen LogP contribution in [0.25, 0.3) is 10.8 Å². The van der Waals surface area contributed by atoms with E-state index in [0.29, 0.717) is 11.8 Å². The molecule has 0 radical (unpaired) electrons. The Bertz CT molecular complexity index is 923. The molecule has 0 spiro atoms. The van der Waals surface area contributed by atoms with Crippen LogP contribution >= 0.6 is 12.4 Å². The van der Waals surface area contributed by atoms with Gasteiger partial charge in [-0.15, -0.1) is 12.4 Å². The van der Waals surface area contributed by atoms with Crippen molar-refractivity contribution in [3.63, 3.8) is 0 Å². The van der Waals surface area contributed by atoms with Gasteiger partial charge in [-0.1, -0.05) is 30.3 Å². The number of carbonyl (C=O) groups excluding carboxylic acids is 1. The van der Waals surface area contributed by atoms with Crippen molar-refractivity contribution in [3.8, 4) is 0 Å². The van der Waals surface area contributed by atoms with E-state index in [2.05, 4.69) is 10.0 Å². The number of benzene rings is 2. The molecule has 2 aliphatic heterocycles. The van der Waals surface area contributed by atoms with Gasteiger partial charge in [-0.05, 0) is 34.7 Å². The van der Waals surface area contributed by atoms with Crippen molar-refractivity contribution in [1.29, 1.82) is 0 Å². The number of nitrogens with one attached hydrogen (secondary N) is 2. The van der Waals surface area contributed by atoms with Gasteiger partial charge in [0.1, 0.15) is 0 Å². The van der Waals surface area contributed by atoms with Crippen LogP contribution in [0.4, 0.5) is 0 Å². The summed E-state index contributed by atoms with van der Waals surface area (Å²) >= 11 is 0. The molecule has 0 bridgehead atoms. The zero-order chi connectivity index (χ0) is 18.1. The quantitative estimate of drug-likeness (QED) is 0.786. The van der Waals surface area contributed by atoms with Crippen molar-refractivity contribution in [3.05, 3.63) is 42.5 Å². The molecule has 2 heterocycles. The third kappa shape index (κ3) is 4.27. The Kier molecular flexibility index (Phi) is 6.05. The Balaban J connectivity index is 0.00000210. The third-order valence-electron chi connectivity index (χ3n) is 5.40. The minimum absolute atomic E-state index is 0. The molecule has 2 aromatic carbocycles. The SMILES string of the molecule is Cl.O=C(CCNS(=O)(=O)c1ccc2ccccc2c1)N1C[C@H]2CNC[C@H]2C1. The molecule has 2 aliphatic rings. The topological polar surface area (TPSA) is 78.5 Å². The lowest BCUT2D eigenvalue weighted by Crippen LogP contribution is -2.35. The van der Waals surface area contributed by atoms with E-state index >= 15 is 0 Å². The summed E-state index contributed by atoms with van der Waals surface area (Å²) in [5.41, 5.74) is 0. The highest BCUT2D eigenvalue weighted by molar-refractivity contribution is 7.89. The van der Waals surface area contributed by atoms with Crippen LogP contribution in [0, 0.1) is 11.8 Å². The highest BCUT2D eigenvalue weighted by atomic mass is 35.5. The summed E-state index contributed by atoms with van der Waals surface area (Å²) in [5, 5.41) is 5.22. The van der Waals surface area contributed by atoms with E-state index < -0.39 is 10.0 Å². The van der Waals surface area contributed by atoms with E-state index in [-0.39, 0.29) is 36.2 Å². The van der Waals surface area contributed by atoms with Crippen LogP contribution in [0.3, 0.4) is 0 Å². The number of hydrogen-bond acceptors (Lipinski definition) is 4. The molecule has 2 aromatic rings. The van der Waals surface area contributed by atoms with Gasteiger partial charge in [0.05, 0.1) is 4.90 Å². The normalized spacial score (nSPS) is 21.9. The van der Waals surface area contributed by atoms with Gasteiger partial charge in [0.25, 0.3) is 0 Å². The first-order chi connectivity index (χ1) is 12.5. The van der Waals surface area contributed by atoms with Crippen molar-refractivity contribution in [2.24, 2.45) is 11.8 Å². The van der Waals surface area contributed by atoms with E-state index in [0.717, 1.165) is 37.0 Å². The fourth-order valence-corrected chi connectivity index (χ4v) is 4.99. The average Bonchev–Trinajstić information content (AvgIpc) is 3.23. The van der Waals surface area contributed by atoms with Crippen molar-refractivity contribution in [2.75, 3.05) is 32.7 Å². The van der Waals surface area contributed by atoms with E-state index in [4.69, 9.17) is 0 Å². The Labute approximate surface area is 165 Å². The monoisotopic (exact) mass is 409 g/mol. The maximum Gasteiger partial charge on any atom is 0.240 e. The standard InChI is InChI=1S/C19H23N3O3S.ClH/c23-19(22-12-16-10-20-11-17(16)13-22)7-8-21-26(24,25)18-6-5-14-3-1-2-4-15(14)9-18;/h1-6,9,16-17,20-21H,7-8,10-13H2;1H/t16-,17+;. The number of fused-ring (bicyclic) bond motifs is 2. The van der Waals surface area contributed by atoms with Crippen LogP contribution in [0.5, 0.6) is 0 Å². The Morgan fingerprint density at radius 2 is 1.74 bits per heavy atom. The van der Waals surface area contributed by atoms with Gasteiger partial charge >= 0.3 is 0 Å². The smallest absolute Gasteiger partial charge is 0.240 e. The zero-order valence-corrected chi connectivity index (χ0v) is 16.6. The molecule has 8 heteroatoms. The first-order valence-electron chi connectivity index (χ1n) is 9.00. The highest BCUT2D eigenvalue weighted by Crippen LogP contribution is 2.26. The summed E-state index contributed by atoms with van der Waals surface area (Å²) < 4.78 is 27.5. The van der Waals surface area contributed by atoms with E-state index in [1.807, 2.05) is 29.2 Å². The second-order valence-corrected chi connectivity index (χ2v) is 8.90. The van der Waals surface area contributed by atoms with E-state index in [1.165, 1.54) is 0 Å². The molecule has 0 aromatic heterocycles. The fourth-order valence-electron chi connectivity index (χ4n) is 3.93. The number of halogens is 1. The van der Waals surface area contributed by atoms with Crippen molar-refractivity contribution in [2.45, 2.75) is 11.3 Å². The largest absolute Gasteiger partial charge is 0.342 e. The second-order valence-electron chi connectivity index (χ2n) is 7.13. The van der Waals surface area contributed by atoms with Gasteiger partial charge in [-0.2, -0.15) is 0 Å².